The average Bonchev–Trinajstić information content (AvgIpc) is 3.16. The van der Waals surface area contributed by atoms with Gasteiger partial charge in [-0.05, 0) is 31.0 Å². The van der Waals surface area contributed by atoms with Crippen molar-refractivity contribution in [2.75, 3.05) is 5.32 Å². The van der Waals surface area contributed by atoms with Gasteiger partial charge in [0.15, 0.2) is 0 Å². The summed E-state index contributed by atoms with van der Waals surface area (Å²) in [6.07, 6.45) is 1.59. The van der Waals surface area contributed by atoms with E-state index in [2.05, 4.69) is 34.7 Å². The number of hydrogen-bond donors (Lipinski definition) is 2. The van der Waals surface area contributed by atoms with Gasteiger partial charge in [0.1, 0.15) is 5.01 Å². The minimum absolute atomic E-state index is 0.0156. The zero-order chi connectivity index (χ0) is 20.6. The summed E-state index contributed by atoms with van der Waals surface area (Å²) in [5.74, 6) is -0.0482. The number of carbonyl (C=O) groups is 2. The molecule has 0 unspecified atom stereocenters. The largest absolute Gasteiger partial charge is 0.352 e. The minimum atomic E-state index is -0.0638. The van der Waals surface area contributed by atoms with E-state index in [4.69, 9.17) is 0 Å². The molecule has 0 aliphatic carbocycles. The van der Waals surface area contributed by atoms with E-state index in [1.54, 1.807) is 11.3 Å². The third-order valence-corrected chi connectivity index (χ3v) is 5.34. The Balaban J connectivity index is 1.49. The highest BCUT2D eigenvalue weighted by Gasteiger charge is 2.09. The summed E-state index contributed by atoms with van der Waals surface area (Å²) in [5.41, 5.74) is 4.80. The van der Waals surface area contributed by atoms with Crippen molar-refractivity contribution in [3.63, 3.8) is 0 Å². The number of carbonyl (C=O) groups excluding carboxylic acids is 2. The number of thiazole rings is 1. The molecule has 3 rings (SSSR count). The second-order valence-corrected chi connectivity index (χ2v) is 7.82. The highest BCUT2D eigenvalue weighted by atomic mass is 32.1. The van der Waals surface area contributed by atoms with E-state index < -0.39 is 0 Å². The van der Waals surface area contributed by atoms with Crippen LogP contribution in [0.2, 0.25) is 0 Å². The third-order valence-electron chi connectivity index (χ3n) is 4.40. The molecule has 150 valence electrons. The molecule has 0 aliphatic heterocycles. The average molecular weight is 408 g/mol. The summed E-state index contributed by atoms with van der Waals surface area (Å²) in [6.45, 7) is 4.47. The Morgan fingerprint density at radius 2 is 1.72 bits per heavy atom. The molecule has 29 heavy (non-hydrogen) atoms. The molecule has 5 nitrogen and oxygen atoms in total. The molecule has 0 atom stereocenters. The number of rotatable bonds is 8. The van der Waals surface area contributed by atoms with Crippen molar-refractivity contribution in [3.8, 4) is 10.6 Å². The fraction of sp³-hybridized carbons (Fsp3) is 0.261. The lowest BCUT2D eigenvalue weighted by Crippen LogP contribution is -2.24. The van der Waals surface area contributed by atoms with Crippen LogP contribution in [0.15, 0.2) is 53.9 Å². The molecule has 0 radical (unpaired) electrons. The van der Waals surface area contributed by atoms with E-state index in [0.717, 1.165) is 33.9 Å². The van der Waals surface area contributed by atoms with E-state index in [9.17, 15) is 9.59 Å². The highest BCUT2D eigenvalue weighted by molar-refractivity contribution is 7.13. The second kappa shape index (κ2) is 9.98. The Labute approximate surface area is 175 Å². The van der Waals surface area contributed by atoms with Gasteiger partial charge in [-0.15, -0.1) is 11.3 Å². The van der Waals surface area contributed by atoms with Gasteiger partial charge in [-0.3, -0.25) is 9.59 Å². The molecule has 6 heteroatoms. The van der Waals surface area contributed by atoms with Crippen LogP contribution >= 0.6 is 11.3 Å². The van der Waals surface area contributed by atoms with Crippen LogP contribution in [-0.2, 0) is 22.6 Å². The maximum Gasteiger partial charge on any atom is 0.226 e. The van der Waals surface area contributed by atoms with Crippen LogP contribution in [0.3, 0.4) is 0 Å². The van der Waals surface area contributed by atoms with Gasteiger partial charge in [-0.25, -0.2) is 4.98 Å². The number of aromatic nitrogens is 1. The molecule has 1 aromatic heterocycles. The summed E-state index contributed by atoms with van der Waals surface area (Å²) in [6, 6.07) is 15.7. The SMILES string of the molecule is CCCC(=O)Nc1ccc(CNC(=O)Cc2csc(-c3ccc(C)cc3)n2)cc1. The van der Waals surface area contributed by atoms with Gasteiger partial charge < -0.3 is 10.6 Å². The quantitative estimate of drug-likeness (QED) is 0.568. The molecule has 2 aromatic carbocycles. The van der Waals surface area contributed by atoms with Crippen LogP contribution in [0.1, 0.15) is 36.6 Å². The first-order chi connectivity index (χ1) is 14.0. The van der Waals surface area contributed by atoms with Crippen LogP contribution in [-0.4, -0.2) is 16.8 Å². The van der Waals surface area contributed by atoms with Crippen molar-refractivity contribution in [3.05, 3.63) is 70.7 Å². The molecule has 0 bridgehead atoms. The van der Waals surface area contributed by atoms with Crippen molar-refractivity contribution in [1.82, 2.24) is 10.3 Å². The van der Waals surface area contributed by atoms with Gasteiger partial charge in [0.2, 0.25) is 11.8 Å². The van der Waals surface area contributed by atoms with E-state index in [1.165, 1.54) is 5.56 Å². The topological polar surface area (TPSA) is 71.1 Å². The Hall–Kier alpha value is -2.99. The number of nitrogens with zero attached hydrogens (tertiary/aromatic N) is 1. The summed E-state index contributed by atoms with van der Waals surface area (Å²) in [4.78, 5) is 28.5. The fourth-order valence-electron chi connectivity index (χ4n) is 2.80. The molecular weight excluding hydrogens is 382 g/mol. The number of aryl methyl sites for hydroxylation is 1. The van der Waals surface area contributed by atoms with Gasteiger partial charge in [-0.1, -0.05) is 48.9 Å². The zero-order valence-electron chi connectivity index (χ0n) is 16.7. The van der Waals surface area contributed by atoms with Gasteiger partial charge in [0, 0.05) is 29.6 Å². The van der Waals surface area contributed by atoms with E-state index >= 15 is 0 Å². The van der Waals surface area contributed by atoms with Gasteiger partial charge in [0.25, 0.3) is 0 Å². The van der Waals surface area contributed by atoms with Crippen molar-refractivity contribution >= 4 is 28.8 Å². The number of hydrogen-bond acceptors (Lipinski definition) is 4. The van der Waals surface area contributed by atoms with Crippen LogP contribution in [0.25, 0.3) is 10.6 Å². The molecule has 3 aromatic rings. The lowest BCUT2D eigenvalue weighted by molar-refractivity contribution is -0.120. The third kappa shape index (κ3) is 6.26. The van der Waals surface area contributed by atoms with Crippen LogP contribution in [0.4, 0.5) is 5.69 Å². The summed E-state index contributed by atoms with van der Waals surface area (Å²) >= 11 is 1.55. The van der Waals surface area contributed by atoms with Crippen molar-refractivity contribution in [1.29, 1.82) is 0 Å². The number of nitrogens with one attached hydrogen (secondary N) is 2. The van der Waals surface area contributed by atoms with E-state index in [0.29, 0.717) is 13.0 Å². The maximum absolute atomic E-state index is 12.3. The van der Waals surface area contributed by atoms with Crippen molar-refractivity contribution in [2.24, 2.45) is 0 Å². The molecule has 0 fully saturated rings. The number of amides is 2. The van der Waals surface area contributed by atoms with E-state index in [-0.39, 0.29) is 18.2 Å². The van der Waals surface area contributed by atoms with Gasteiger partial charge in [0.05, 0.1) is 12.1 Å². The molecule has 0 spiro atoms. The second-order valence-electron chi connectivity index (χ2n) is 6.96. The lowest BCUT2D eigenvalue weighted by atomic mass is 10.2. The maximum atomic E-state index is 12.3. The number of benzene rings is 2. The van der Waals surface area contributed by atoms with Gasteiger partial charge in [-0.2, -0.15) is 0 Å². The predicted octanol–water partition coefficient (Wildman–Crippen LogP) is 4.72. The Morgan fingerprint density at radius 3 is 2.41 bits per heavy atom. The zero-order valence-corrected chi connectivity index (χ0v) is 17.5. The summed E-state index contributed by atoms with van der Waals surface area (Å²) in [7, 11) is 0. The summed E-state index contributed by atoms with van der Waals surface area (Å²) in [5, 5.41) is 8.63. The van der Waals surface area contributed by atoms with Crippen LogP contribution < -0.4 is 10.6 Å². The Morgan fingerprint density at radius 1 is 1.00 bits per heavy atom. The first-order valence-corrected chi connectivity index (χ1v) is 10.6. The fourth-order valence-corrected chi connectivity index (χ4v) is 3.63. The van der Waals surface area contributed by atoms with Crippen molar-refractivity contribution < 1.29 is 9.59 Å². The van der Waals surface area contributed by atoms with E-state index in [1.807, 2.05) is 48.7 Å². The van der Waals surface area contributed by atoms with Crippen molar-refractivity contribution in [2.45, 2.75) is 39.7 Å². The minimum Gasteiger partial charge on any atom is -0.352 e. The molecule has 2 N–H and O–H groups in total. The smallest absolute Gasteiger partial charge is 0.226 e. The summed E-state index contributed by atoms with van der Waals surface area (Å²) < 4.78 is 0. The Kier molecular flexibility index (Phi) is 7.14. The molecule has 0 saturated heterocycles. The number of anilines is 1. The first kappa shape index (κ1) is 20.7. The molecule has 1 heterocycles. The molecule has 0 saturated carbocycles. The highest BCUT2D eigenvalue weighted by Crippen LogP contribution is 2.24. The molecule has 2 amide bonds. The Bertz CT molecular complexity index is 963. The van der Waals surface area contributed by atoms with Crippen LogP contribution in [0, 0.1) is 6.92 Å². The predicted molar refractivity (Wildman–Crippen MR) is 118 cm³/mol. The lowest BCUT2D eigenvalue weighted by Gasteiger charge is -2.07. The van der Waals surface area contributed by atoms with Gasteiger partial charge >= 0.3 is 0 Å². The normalized spacial score (nSPS) is 10.6. The molecular formula is C23H25N3O2S. The monoisotopic (exact) mass is 407 g/mol. The van der Waals surface area contributed by atoms with Crippen LogP contribution in [0.5, 0.6) is 0 Å². The first-order valence-electron chi connectivity index (χ1n) is 9.70. The standard InChI is InChI=1S/C23H25N3O2S/c1-3-4-21(27)25-19-11-7-17(8-12-19)14-24-22(28)13-20-15-29-23(26-20)18-9-5-16(2)6-10-18/h5-12,15H,3-4,13-14H2,1-2H3,(H,24,28)(H,25,27). The molecule has 0 aliphatic rings.